The van der Waals surface area contributed by atoms with E-state index in [0.29, 0.717) is 5.78 Å². The number of hydrogen-bond acceptors (Lipinski definition) is 2. The van der Waals surface area contributed by atoms with Crippen LogP contribution in [0.2, 0.25) is 0 Å². The summed E-state index contributed by atoms with van der Waals surface area (Å²) in [6, 6.07) is 0. The van der Waals surface area contributed by atoms with Gasteiger partial charge >= 0.3 is 0 Å². The number of aliphatic hydroxyl groups is 1. The van der Waals surface area contributed by atoms with Gasteiger partial charge < -0.3 is 9.90 Å². The minimum Gasteiger partial charge on any atom is -0.392 e. The number of carbonyl (C=O) groups excluding carboxylic acids is 1. The zero-order valence-corrected chi connectivity index (χ0v) is 13.5. The Morgan fingerprint density at radius 3 is 2.05 bits per heavy atom. The van der Waals surface area contributed by atoms with Crippen molar-refractivity contribution in [2.45, 2.75) is 73.1 Å². The number of Topliss-reactive ketones (excluding diaryl/α,β-unsaturated/α-hetero) is 1. The molecule has 1 N–H and O–H groups in total. The fourth-order valence-corrected chi connectivity index (χ4v) is 1.47. The molecule has 0 unspecified atom stereocenters. The summed E-state index contributed by atoms with van der Waals surface area (Å²) in [5, 5.41) is 8.55. The van der Waals surface area contributed by atoms with Crippen molar-refractivity contribution in [3.8, 4) is 0 Å². The molecule has 0 aliphatic carbocycles. The standard InChI is InChI=1S/C10H18O.C7H14O/c1-9(2)5-4-6-10(3)7-8-11;1-3-4-5-6-7(2)8/h5,7,11H,4,6,8H2,1-3H3;3-6H2,1-2H3/b10-7+;. The minimum absolute atomic E-state index is 0.167. The monoisotopic (exact) mass is 268 g/mol. The molecule has 0 fully saturated rings. The van der Waals surface area contributed by atoms with E-state index in [1.165, 1.54) is 24.0 Å². The van der Waals surface area contributed by atoms with Gasteiger partial charge in [-0.1, -0.05) is 43.1 Å². The zero-order valence-electron chi connectivity index (χ0n) is 13.5. The van der Waals surface area contributed by atoms with Crippen molar-refractivity contribution in [2.24, 2.45) is 0 Å². The van der Waals surface area contributed by atoms with Crippen LogP contribution < -0.4 is 0 Å². The van der Waals surface area contributed by atoms with Crippen molar-refractivity contribution in [3.63, 3.8) is 0 Å². The molecule has 0 spiro atoms. The van der Waals surface area contributed by atoms with Gasteiger partial charge in [-0.2, -0.15) is 0 Å². The zero-order chi connectivity index (χ0) is 15.1. The summed E-state index contributed by atoms with van der Waals surface area (Å²) >= 11 is 0. The molecule has 0 aliphatic heterocycles. The van der Waals surface area contributed by atoms with E-state index >= 15 is 0 Å². The lowest BCUT2D eigenvalue weighted by molar-refractivity contribution is -0.117. The van der Waals surface area contributed by atoms with Crippen LogP contribution in [0.1, 0.15) is 73.1 Å². The number of hydrogen-bond donors (Lipinski definition) is 1. The highest BCUT2D eigenvalue weighted by molar-refractivity contribution is 5.75. The average Bonchev–Trinajstić information content (AvgIpc) is 2.29. The van der Waals surface area contributed by atoms with E-state index < -0.39 is 0 Å². The number of unbranched alkanes of at least 4 members (excludes halogenated alkanes) is 2. The van der Waals surface area contributed by atoms with Gasteiger partial charge in [-0.3, -0.25) is 0 Å². The second kappa shape index (κ2) is 15.2. The third-order valence-electron chi connectivity index (χ3n) is 2.66. The van der Waals surface area contributed by atoms with E-state index in [9.17, 15) is 4.79 Å². The Kier molecular flexibility index (Phi) is 16.3. The molecule has 0 rings (SSSR count). The first kappa shape index (κ1) is 20.4. The van der Waals surface area contributed by atoms with Crippen LogP contribution in [-0.2, 0) is 4.79 Å². The third-order valence-corrected chi connectivity index (χ3v) is 2.66. The summed E-state index contributed by atoms with van der Waals surface area (Å²) in [4.78, 5) is 10.3. The first-order chi connectivity index (χ1) is 8.93. The van der Waals surface area contributed by atoms with E-state index in [1.54, 1.807) is 6.92 Å². The van der Waals surface area contributed by atoms with E-state index in [-0.39, 0.29) is 6.61 Å². The molecular weight excluding hydrogens is 236 g/mol. The van der Waals surface area contributed by atoms with Gasteiger partial charge in [0.2, 0.25) is 0 Å². The molecule has 0 heterocycles. The Morgan fingerprint density at radius 2 is 1.63 bits per heavy atom. The third kappa shape index (κ3) is 22.7. The lowest BCUT2D eigenvalue weighted by atomic mass is 10.1. The molecule has 0 atom stereocenters. The summed E-state index contributed by atoms with van der Waals surface area (Å²) in [6.07, 6.45) is 10.5. The number of allylic oxidation sites excluding steroid dienone is 3. The summed E-state index contributed by atoms with van der Waals surface area (Å²) in [7, 11) is 0. The largest absolute Gasteiger partial charge is 0.392 e. The Morgan fingerprint density at radius 1 is 1.00 bits per heavy atom. The van der Waals surface area contributed by atoms with Gasteiger partial charge in [-0.25, -0.2) is 0 Å². The van der Waals surface area contributed by atoms with Crippen LogP contribution in [0.25, 0.3) is 0 Å². The molecule has 0 aliphatic rings. The second-order valence-corrected chi connectivity index (χ2v) is 5.21. The molecule has 0 aromatic rings. The van der Waals surface area contributed by atoms with Crippen LogP contribution >= 0.6 is 0 Å². The quantitative estimate of drug-likeness (QED) is 0.506. The van der Waals surface area contributed by atoms with Crippen LogP contribution in [0.15, 0.2) is 23.3 Å². The lowest BCUT2D eigenvalue weighted by Crippen LogP contribution is -1.87. The van der Waals surface area contributed by atoms with Gasteiger partial charge in [0.05, 0.1) is 6.61 Å². The van der Waals surface area contributed by atoms with Crippen LogP contribution in [0.3, 0.4) is 0 Å². The lowest BCUT2D eigenvalue weighted by Gasteiger charge is -1.96. The Balaban J connectivity index is 0. The fourth-order valence-electron chi connectivity index (χ4n) is 1.47. The van der Waals surface area contributed by atoms with E-state index in [1.807, 2.05) is 6.08 Å². The van der Waals surface area contributed by atoms with Gasteiger partial charge in [0.15, 0.2) is 0 Å². The van der Waals surface area contributed by atoms with Crippen molar-refractivity contribution in [3.05, 3.63) is 23.3 Å². The van der Waals surface area contributed by atoms with Crippen molar-refractivity contribution in [2.75, 3.05) is 6.61 Å². The smallest absolute Gasteiger partial charge is 0.129 e. The predicted octanol–water partition coefficient (Wildman–Crippen LogP) is 4.83. The predicted molar refractivity (Wildman–Crippen MR) is 84.3 cm³/mol. The molecule has 112 valence electrons. The van der Waals surface area contributed by atoms with Crippen LogP contribution in [0, 0.1) is 0 Å². The van der Waals surface area contributed by atoms with Crippen molar-refractivity contribution >= 4 is 5.78 Å². The maximum absolute atomic E-state index is 10.3. The molecule has 0 radical (unpaired) electrons. The molecule has 0 saturated carbocycles. The van der Waals surface area contributed by atoms with Gasteiger partial charge in [-0.15, -0.1) is 0 Å². The summed E-state index contributed by atoms with van der Waals surface area (Å²) < 4.78 is 0. The Bertz CT molecular complexity index is 271. The minimum atomic E-state index is 0.167. The Labute approximate surface area is 119 Å². The van der Waals surface area contributed by atoms with Crippen LogP contribution in [-0.4, -0.2) is 17.5 Å². The maximum atomic E-state index is 10.3. The number of rotatable bonds is 8. The molecule has 19 heavy (non-hydrogen) atoms. The molecular formula is C17H32O2. The van der Waals surface area contributed by atoms with Crippen molar-refractivity contribution in [1.29, 1.82) is 0 Å². The molecule has 2 heteroatoms. The topological polar surface area (TPSA) is 37.3 Å². The molecule has 0 aromatic heterocycles. The van der Waals surface area contributed by atoms with Gasteiger partial charge in [0, 0.05) is 6.42 Å². The summed E-state index contributed by atoms with van der Waals surface area (Å²) in [5.74, 6) is 0.318. The van der Waals surface area contributed by atoms with Crippen molar-refractivity contribution < 1.29 is 9.90 Å². The molecule has 0 bridgehead atoms. The normalized spacial score (nSPS) is 10.5. The van der Waals surface area contributed by atoms with Crippen LogP contribution in [0.4, 0.5) is 0 Å². The van der Waals surface area contributed by atoms with Gasteiger partial charge in [-0.05, 0) is 47.0 Å². The molecule has 0 saturated heterocycles. The molecule has 0 aromatic carbocycles. The number of carbonyl (C=O) groups is 1. The number of ketones is 1. The highest BCUT2D eigenvalue weighted by Crippen LogP contribution is 2.05. The highest BCUT2D eigenvalue weighted by atomic mass is 16.2. The maximum Gasteiger partial charge on any atom is 0.129 e. The highest BCUT2D eigenvalue weighted by Gasteiger charge is 1.89. The van der Waals surface area contributed by atoms with Gasteiger partial charge in [0.25, 0.3) is 0 Å². The van der Waals surface area contributed by atoms with Crippen molar-refractivity contribution in [1.82, 2.24) is 0 Å². The van der Waals surface area contributed by atoms with Crippen LogP contribution in [0.5, 0.6) is 0 Å². The fraction of sp³-hybridized carbons (Fsp3) is 0.706. The number of aliphatic hydroxyl groups excluding tert-OH is 1. The van der Waals surface area contributed by atoms with E-state index in [4.69, 9.17) is 5.11 Å². The molecule has 2 nitrogen and oxygen atoms in total. The first-order valence-corrected chi connectivity index (χ1v) is 7.33. The summed E-state index contributed by atoms with van der Waals surface area (Å²) in [5.41, 5.74) is 2.63. The second-order valence-electron chi connectivity index (χ2n) is 5.21. The Hall–Kier alpha value is -0.890. The average molecular weight is 268 g/mol. The summed E-state index contributed by atoms with van der Waals surface area (Å²) in [6.45, 7) is 10.2. The van der Waals surface area contributed by atoms with E-state index in [0.717, 1.165) is 25.7 Å². The van der Waals surface area contributed by atoms with Gasteiger partial charge in [0.1, 0.15) is 5.78 Å². The first-order valence-electron chi connectivity index (χ1n) is 7.33. The van der Waals surface area contributed by atoms with E-state index in [2.05, 4.69) is 33.8 Å². The SMILES string of the molecule is CC(C)=CCC/C(C)=C/CO.CCCCCC(C)=O. The molecule has 0 amide bonds.